The molecule has 1 unspecified atom stereocenters. The monoisotopic (exact) mass is 512 g/mol. The zero-order valence-electron chi connectivity index (χ0n) is 20.4. The molecule has 0 aromatic heterocycles. The fourth-order valence-corrected chi connectivity index (χ4v) is 11.9. The summed E-state index contributed by atoms with van der Waals surface area (Å²) in [5.74, 6) is 0. The molecule has 0 saturated carbocycles. The average molecular weight is 513 g/mol. The van der Waals surface area contributed by atoms with Crippen LogP contribution < -0.4 is 24.8 Å². The maximum absolute atomic E-state index is 2.63. The second-order valence-corrected chi connectivity index (χ2v) is 14.0. The topological polar surface area (TPSA) is 0 Å². The summed E-state index contributed by atoms with van der Waals surface area (Å²) in [6.07, 6.45) is 10.9. The van der Waals surface area contributed by atoms with Crippen molar-refractivity contribution >= 4 is 14.0 Å². The van der Waals surface area contributed by atoms with E-state index in [0.717, 1.165) is 0 Å². The summed E-state index contributed by atoms with van der Waals surface area (Å²) in [6, 6.07) is 9.30. The van der Waals surface area contributed by atoms with Crippen LogP contribution in [0, 0.1) is 5.41 Å². The zero-order chi connectivity index (χ0) is 21.2. The SMILES string of the molecule is CCCCP(CCCC)C1=Cc2ccccc2[CH]1[Ti+2][C]1=C(C)C(C)=C(C)C1(C)C.[Cl-].[Cl-]. The summed E-state index contributed by atoms with van der Waals surface area (Å²) in [7, 11) is 0.00949. The van der Waals surface area contributed by atoms with E-state index in [1.165, 1.54) is 43.6 Å². The van der Waals surface area contributed by atoms with Crippen molar-refractivity contribution in [3.63, 3.8) is 0 Å². The van der Waals surface area contributed by atoms with E-state index in [-0.39, 0.29) is 57.3 Å². The first kappa shape index (κ1) is 29.2. The van der Waals surface area contributed by atoms with E-state index in [9.17, 15) is 0 Å². The van der Waals surface area contributed by atoms with Crippen molar-refractivity contribution in [2.45, 2.75) is 78.4 Å². The second kappa shape index (κ2) is 12.6. The van der Waals surface area contributed by atoms with Crippen LogP contribution in [-0.4, -0.2) is 12.3 Å². The van der Waals surface area contributed by atoms with Crippen LogP contribution in [-0.2, 0) is 19.2 Å². The molecular weight excluding hydrogens is 474 g/mol. The molecule has 0 heterocycles. The molecule has 0 saturated heterocycles. The first-order chi connectivity index (χ1) is 13.8. The van der Waals surface area contributed by atoms with Gasteiger partial charge in [-0.25, -0.2) is 0 Å². The van der Waals surface area contributed by atoms with Crippen molar-refractivity contribution in [3.8, 4) is 0 Å². The molecule has 1 aromatic carbocycles. The van der Waals surface area contributed by atoms with Crippen LogP contribution in [0.3, 0.4) is 0 Å². The molecule has 3 rings (SSSR count). The number of hydrogen-bond donors (Lipinski definition) is 0. The zero-order valence-corrected chi connectivity index (χ0v) is 24.4. The largest absolute Gasteiger partial charge is 1.00 e. The molecule has 2 aliphatic carbocycles. The molecule has 0 radical (unpaired) electrons. The molecule has 4 heteroatoms. The number of unbranched alkanes of at least 4 members (excludes halogenated alkanes) is 2. The van der Waals surface area contributed by atoms with Crippen LogP contribution in [0.4, 0.5) is 0 Å². The van der Waals surface area contributed by atoms with Gasteiger partial charge in [0.1, 0.15) is 0 Å². The third-order valence-electron chi connectivity index (χ3n) is 7.19. The smallest absolute Gasteiger partial charge is 1.00 e. The van der Waals surface area contributed by atoms with E-state index in [1.54, 1.807) is 26.2 Å². The summed E-state index contributed by atoms with van der Waals surface area (Å²) in [6.45, 7) is 16.8. The van der Waals surface area contributed by atoms with E-state index in [0.29, 0.717) is 4.22 Å². The third kappa shape index (κ3) is 6.00. The fourth-order valence-electron chi connectivity index (χ4n) is 4.83. The van der Waals surface area contributed by atoms with Crippen LogP contribution in [0.25, 0.3) is 6.08 Å². The van der Waals surface area contributed by atoms with Crippen LogP contribution >= 0.6 is 7.92 Å². The van der Waals surface area contributed by atoms with Gasteiger partial charge in [-0.3, -0.25) is 0 Å². The van der Waals surface area contributed by atoms with E-state index < -0.39 is 0 Å². The van der Waals surface area contributed by atoms with Gasteiger partial charge >= 0.3 is 191 Å². The molecule has 0 N–H and O–H groups in total. The van der Waals surface area contributed by atoms with Crippen LogP contribution in [0.2, 0.25) is 0 Å². The minimum absolute atomic E-state index is 0. The summed E-state index contributed by atoms with van der Waals surface area (Å²) in [4.78, 5) is 0. The van der Waals surface area contributed by atoms with Gasteiger partial charge in [-0.05, 0) is 0 Å². The van der Waals surface area contributed by atoms with Crippen LogP contribution in [0.15, 0.2) is 50.2 Å². The standard InChI is InChI=1S/C17H24P.C10H15.2ClH.Ti/c1-3-5-11-18(12-6-4-2)17-13-15-9-7-8-10-16(15)14-17;1-7-6-10(4,5)9(3)8(7)2;;;/h7-10,13-14H,3-6,11-12H2,1-2H3;1-5H3;2*1H;/q;;;;+2/p-2. The van der Waals surface area contributed by atoms with Gasteiger partial charge in [0.2, 0.25) is 0 Å². The molecule has 0 fully saturated rings. The van der Waals surface area contributed by atoms with Crippen LogP contribution in [0.5, 0.6) is 0 Å². The minimum Gasteiger partial charge on any atom is -1.00 e. The van der Waals surface area contributed by atoms with Gasteiger partial charge in [0, 0.05) is 0 Å². The van der Waals surface area contributed by atoms with Gasteiger partial charge in [-0.2, -0.15) is 0 Å². The Labute approximate surface area is 214 Å². The summed E-state index contributed by atoms with van der Waals surface area (Å²) >= 11 is -0.249. The summed E-state index contributed by atoms with van der Waals surface area (Å²) in [5, 5.41) is 1.85. The number of benzene rings is 1. The molecule has 0 amide bonds. The third-order valence-corrected chi connectivity index (χ3v) is 13.8. The minimum atomic E-state index is -0.249. The summed E-state index contributed by atoms with van der Waals surface area (Å²) < 4.78 is 2.52. The number of rotatable bonds is 9. The molecule has 0 aliphatic heterocycles. The first-order valence-corrected chi connectivity index (χ1v) is 14.9. The quantitative estimate of drug-likeness (QED) is 0.352. The Kier molecular flexibility index (Phi) is 11.8. The van der Waals surface area contributed by atoms with Gasteiger partial charge < -0.3 is 24.8 Å². The molecular formula is C27H39Cl2PTi. The number of fused-ring (bicyclic) bond motifs is 1. The predicted octanol–water partition coefficient (Wildman–Crippen LogP) is 2.91. The van der Waals surface area contributed by atoms with Crippen molar-refractivity contribution < 1.29 is 44.0 Å². The molecule has 170 valence electrons. The maximum atomic E-state index is 2.63. The van der Waals surface area contributed by atoms with E-state index in [4.69, 9.17) is 0 Å². The van der Waals surface area contributed by atoms with Crippen molar-refractivity contribution in [2.75, 3.05) is 12.3 Å². The Morgan fingerprint density at radius 2 is 1.48 bits per heavy atom. The van der Waals surface area contributed by atoms with E-state index in [1.807, 2.05) is 5.31 Å². The molecule has 1 atom stereocenters. The van der Waals surface area contributed by atoms with Gasteiger partial charge in [0.05, 0.1) is 0 Å². The van der Waals surface area contributed by atoms with Crippen molar-refractivity contribution in [1.82, 2.24) is 0 Å². The van der Waals surface area contributed by atoms with Crippen molar-refractivity contribution in [2.24, 2.45) is 5.41 Å². The van der Waals surface area contributed by atoms with Crippen LogP contribution in [0.1, 0.15) is 89.5 Å². The Balaban J connectivity index is 0.00000240. The number of allylic oxidation sites excluding steroid dienone is 5. The second-order valence-electron chi connectivity index (χ2n) is 9.34. The molecule has 0 nitrogen and oxygen atoms in total. The molecule has 0 bridgehead atoms. The van der Waals surface area contributed by atoms with Gasteiger partial charge in [-0.1, -0.05) is 0 Å². The predicted molar refractivity (Wildman–Crippen MR) is 128 cm³/mol. The Morgan fingerprint density at radius 1 is 0.903 bits per heavy atom. The average Bonchev–Trinajstić information content (AvgIpc) is 3.14. The number of hydrogen-bond acceptors (Lipinski definition) is 0. The fraction of sp³-hybridized carbons (Fsp3) is 0.556. The maximum Gasteiger partial charge on any atom is -1.00 e. The summed E-state index contributed by atoms with van der Waals surface area (Å²) in [5.41, 5.74) is 8.19. The van der Waals surface area contributed by atoms with Crippen molar-refractivity contribution in [1.29, 1.82) is 0 Å². The van der Waals surface area contributed by atoms with E-state index in [2.05, 4.69) is 78.8 Å². The van der Waals surface area contributed by atoms with Gasteiger partial charge in [0.25, 0.3) is 0 Å². The molecule has 1 aromatic rings. The molecule has 2 aliphatic rings. The normalized spacial score (nSPS) is 19.1. The number of halogens is 2. The molecule has 0 spiro atoms. The Bertz CT molecular complexity index is 843. The van der Waals surface area contributed by atoms with Crippen molar-refractivity contribution in [3.05, 3.63) is 61.3 Å². The van der Waals surface area contributed by atoms with Gasteiger partial charge in [-0.15, -0.1) is 0 Å². The van der Waals surface area contributed by atoms with E-state index >= 15 is 0 Å². The first-order valence-electron chi connectivity index (χ1n) is 11.5. The Morgan fingerprint density at radius 3 is 2.00 bits per heavy atom. The van der Waals surface area contributed by atoms with Gasteiger partial charge in [0.15, 0.2) is 0 Å². The molecule has 31 heavy (non-hydrogen) atoms. The Hall–Kier alpha value is 0.164.